The quantitative estimate of drug-likeness (QED) is 0.711. The summed E-state index contributed by atoms with van der Waals surface area (Å²) in [6.45, 7) is 3.26. The van der Waals surface area contributed by atoms with Gasteiger partial charge in [0.2, 0.25) is 0 Å². The van der Waals surface area contributed by atoms with Gasteiger partial charge in [0.15, 0.2) is 0 Å². The highest BCUT2D eigenvalue weighted by atomic mass is 16.5. The van der Waals surface area contributed by atoms with E-state index in [4.69, 9.17) is 10.5 Å². The van der Waals surface area contributed by atoms with Gasteiger partial charge in [-0.3, -0.25) is 0 Å². The van der Waals surface area contributed by atoms with E-state index in [-0.39, 0.29) is 5.54 Å². The van der Waals surface area contributed by atoms with Crippen LogP contribution in [0.5, 0.6) is 0 Å². The van der Waals surface area contributed by atoms with E-state index >= 15 is 0 Å². The standard InChI is InChI=1S/C11H21NO/c1-9-4-5-11(12,7-9)8-10-3-2-6-13-10/h9-10H,2-8,12H2,1H3. The molecule has 2 aliphatic rings. The number of hydrogen-bond donors (Lipinski definition) is 1. The number of hydrogen-bond acceptors (Lipinski definition) is 2. The number of ether oxygens (including phenoxy) is 1. The smallest absolute Gasteiger partial charge is 0.0593 e. The van der Waals surface area contributed by atoms with Crippen LogP contribution in [0.2, 0.25) is 0 Å². The Balaban J connectivity index is 1.85. The van der Waals surface area contributed by atoms with E-state index in [9.17, 15) is 0 Å². The first-order chi connectivity index (χ1) is 6.18. The van der Waals surface area contributed by atoms with Crippen LogP contribution in [0.1, 0.15) is 45.4 Å². The Labute approximate surface area is 80.8 Å². The molecule has 2 rings (SSSR count). The zero-order valence-corrected chi connectivity index (χ0v) is 8.59. The molecule has 13 heavy (non-hydrogen) atoms. The molecule has 0 spiro atoms. The van der Waals surface area contributed by atoms with Crippen LogP contribution in [0, 0.1) is 5.92 Å². The summed E-state index contributed by atoms with van der Waals surface area (Å²) in [7, 11) is 0. The summed E-state index contributed by atoms with van der Waals surface area (Å²) in [6, 6.07) is 0. The van der Waals surface area contributed by atoms with Crippen LogP contribution in [0.25, 0.3) is 0 Å². The number of rotatable bonds is 2. The van der Waals surface area contributed by atoms with Crippen molar-refractivity contribution in [2.24, 2.45) is 11.7 Å². The lowest BCUT2D eigenvalue weighted by atomic mass is 9.90. The average Bonchev–Trinajstić information content (AvgIpc) is 2.62. The zero-order valence-electron chi connectivity index (χ0n) is 8.59. The van der Waals surface area contributed by atoms with Crippen LogP contribution in [0.3, 0.4) is 0 Å². The molecule has 76 valence electrons. The van der Waals surface area contributed by atoms with Gasteiger partial charge in [0.1, 0.15) is 0 Å². The third-order valence-corrected chi connectivity index (χ3v) is 3.55. The molecule has 1 heterocycles. The van der Waals surface area contributed by atoms with Crippen molar-refractivity contribution in [2.45, 2.75) is 57.1 Å². The van der Waals surface area contributed by atoms with Crippen molar-refractivity contribution < 1.29 is 4.74 Å². The van der Waals surface area contributed by atoms with Crippen molar-refractivity contribution in [1.29, 1.82) is 0 Å². The Hall–Kier alpha value is -0.0800. The topological polar surface area (TPSA) is 35.2 Å². The van der Waals surface area contributed by atoms with E-state index in [0.717, 1.165) is 18.9 Å². The minimum atomic E-state index is 0.106. The maximum atomic E-state index is 6.35. The summed E-state index contributed by atoms with van der Waals surface area (Å²) >= 11 is 0. The second-order valence-corrected chi connectivity index (χ2v) is 5.05. The van der Waals surface area contributed by atoms with Crippen LogP contribution in [-0.4, -0.2) is 18.2 Å². The fraction of sp³-hybridized carbons (Fsp3) is 1.00. The first-order valence-corrected chi connectivity index (χ1v) is 5.58. The lowest BCUT2D eigenvalue weighted by Gasteiger charge is -2.27. The number of nitrogens with two attached hydrogens (primary N) is 1. The monoisotopic (exact) mass is 183 g/mol. The molecular weight excluding hydrogens is 162 g/mol. The molecule has 2 N–H and O–H groups in total. The lowest BCUT2D eigenvalue weighted by molar-refractivity contribution is 0.0833. The highest BCUT2D eigenvalue weighted by molar-refractivity contribution is 4.94. The zero-order chi connectivity index (χ0) is 9.31. The van der Waals surface area contributed by atoms with E-state index in [2.05, 4.69) is 6.92 Å². The normalized spacial score (nSPS) is 45.7. The second kappa shape index (κ2) is 3.58. The van der Waals surface area contributed by atoms with Crippen LogP contribution in [-0.2, 0) is 4.74 Å². The van der Waals surface area contributed by atoms with Gasteiger partial charge in [-0.1, -0.05) is 6.92 Å². The first kappa shape index (κ1) is 9.47. The highest BCUT2D eigenvalue weighted by Gasteiger charge is 2.36. The summed E-state index contributed by atoms with van der Waals surface area (Å²) in [4.78, 5) is 0. The summed E-state index contributed by atoms with van der Waals surface area (Å²) in [5.74, 6) is 0.825. The fourth-order valence-electron chi connectivity index (χ4n) is 2.88. The molecule has 3 unspecified atom stereocenters. The van der Waals surface area contributed by atoms with E-state index < -0.39 is 0 Å². The molecule has 2 fully saturated rings. The Morgan fingerprint density at radius 2 is 2.31 bits per heavy atom. The molecule has 0 bridgehead atoms. The molecule has 2 heteroatoms. The van der Waals surface area contributed by atoms with Crippen LogP contribution >= 0.6 is 0 Å². The van der Waals surface area contributed by atoms with Gasteiger partial charge in [0.05, 0.1) is 6.10 Å². The maximum absolute atomic E-state index is 6.35. The average molecular weight is 183 g/mol. The maximum Gasteiger partial charge on any atom is 0.0593 e. The van der Waals surface area contributed by atoms with Crippen molar-refractivity contribution >= 4 is 0 Å². The van der Waals surface area contributed by atoms with Gasteiger partial charge in [-0.15, -0.1) is 0 Å². The summed E-state index contributed by atoms with van der Waals surface area (Å²) in [5.41, 5.74) is 6.45. The van der Waals surface area contributed by atoms with Crippen molar-refractivity contribution in [2.75, 3.05) is 6.61 Å². The Morgan fingerprint density at radius 3 is 2.85 bits per heavy atom. The molecule has 2 nitrogen and oxygen atoms in total. The third kappa shape index (κ3) is 2.23. The Bertz CT molecular complexity index is 177. The minimum Gasteiger partial charge on any atom is -0.378 e. The molecule has 0 aromatic carbocycles. The first-order valence-electron chi connectivity index (χ1n) is 5.58. The summed E-state index contributed by atoms with van der Waals surface area (Å²) in [5, 5.41) is 0. The van der Waals surface area contributed by atoms with Gasteiger partial charge in [-0.2, -0.15) is 0 Å². The van der Waals surface area contributed by atoms with Crippen LogP contribution in [0.15, 0.2) is 0 Å². The van der Waals surface area contributed by atoms with Crippen LogP contribution < -0.4 is 5.73 Å². The van der Waals surface area contributed by atoms with Gasteiger partial charge in [-0.25, -0.2) is 0 Å². The molecule has 0 aromatic heterocycles. The summed E-state index contributed by atoms with van der Waals surface area (Å²) < 4.78 is 5.64. The second-order valence-electron chi connectivity index (χ2n) is 5.05. The predicted molar refractivity (Wildman–Crippen MR) is 53.5 cm³/mol. The molecule has 1 aliphatic heterocycles. The Morgan fingerprint density at radius 1 is 1.46 bits per heavy atom. The van der Waals surface area contributed by atoms with Gasteiger partial charge in [0, 0.05) is 12.1 Å². The van der Waals surface area contributed by atoms with Gasteiger partial charge >= 0.3 is 0 Å². The van der Waals surface area contributed by atoms with Gasteiger partial charge < -0.3 is 10.5 Å². The molecule has 0 amide bonds. The van der Waals surface area contributed by atoms with Gasteiger partial charge in [-0.05, 0) is 44.4 Å². The molecule has 0 aromatic rings. The van der Waals surface area contributed by atoms with Crippen molar-refractivity contribution in [3.8, 4) is 0 Å². The molecular formula is C11H21NO. The summed E-state index contributed by atoms with van der Waals surface area (Å²) in [6.07, 6.45) is 7.74. The lowest BCUT2D eigenvalue weighted by Crippen LogP contribution is -2.40. The van der Waals surface area contributed by atoms with Crippen molar-refractivity contribution in [3.05, 3.63) is 0 Å². The molecule has 3 atom stereocenters. The SMILES string of the molecule is CC1CCC(N)(CC2CCCO2)C1. The minimum absolute atomic E-state index is 0.106. The van der Waals surface area contributed by atoms with Crippen molar-refractivity contribution in [1.82, 2.24) is 0 Å². The molecule has 1 saturated heterocycles. The van der Waals surface area contributed by atoms with Crippen LogP contribution in [0.4, 0.5) is 0 Å². The third-order valence-electron chi connectivity index (χ3n) is 3.55. The molecule has 0 radical (unpaired) electrons. The fourth-order valence-corrected chi connectivity index (χ4v) is 2.88. The molecule has 1 aliphatic carbocycles. The van der Waals surface area contributed by atoms with E-state index in [0.29, 0.717) is 6.10 Å². The predicted octanol–water partition coefficient (Wildman–Crippen LogP) is 2.07. The molecule has 1 saturated carbocycles. The largest absolute Gasteiger partial charge is 0.378 e. The van der Waals surface area contributed by atoms with Crippen molar-refractivity contribution in [3.63, 3.8) is 0 Å². The van der Waals surface area contributed by atoms with Gasteiger partial charge in [0.25, 0.3) is 0 Å². The van der Waals surface area contributed by atoms with E-state index in [1.54, 1.807) is 0 Å². The highest BCUT2D eigenvalue weighted by Crippen LogP contribution is 2.37. The van der Waals surface area contributed by atoms with E-state index in [1.165, 1.54) is 32.1 Å². The van der Waals surface area contributed by atoms with E-state index in [1.807, 2.05) is 0 Å². The Kier molecular flexibility index (Phi) is 2.61.